The van der Waals surface area contributed by atoms with Gasteiger partial charge in [0.15, 0.2) is 0 Å². The Balaban J connectivity index is 1.62. The third-order valence-electron chi connectivity index (χ3n) is 5.28. The topological polar surface area (TPSA) is 23.6 Å². The lowest BCUT2D eigenvalue weighted by Gasteiger charge is -2.40. The van der Waals surface area contributed by atoms with Crippen LogP contribution in [0.1, 0.15) is 49.2 Å². The van der Waals surface area contributed by atoms with Crippen molar-refractivity contribution < 1.29 is 4.79 Å². The zero-order valence-corrected chi connectivity index (χ0v) is 16.4. The Morgan fingerprint density at radius 3 is 2.23 bits per heavy atom. The predicted octanol–water partition coefficient (Wildman–Crippen LogP) is 4.33. The molecule has 0 N–H and O–H groups in total. The van der Waals surface area contributed by atoms with Gasteiger partial charge in [-0.2, -0.15) is 0 Å². The van der Waals surface area contributed by atoms with Crippen molar-refractivity contribution in [2.45, 2.75) is 45.7 Å². The van der Waals surface area contributed by atoms with Crippen LogP contribution in [0.3, 0.4) is 0 Å². The van der Waals surface area contributed by atoms with Gasteiger partial charge in [0.2, 0.25) is 0 Å². The van der Waals surface area contributed by atoms with Gasteiger partial charge in [0.25, 0.3) is 5.91 Å². The van der Waals surface area contributed by atoms with E-state index in [1.54, 1.807) is 0 Å². The molecule has 0 radical (unpaired) electrons. The Hall–Kier alpha value is -2.13. The highest BCUT2D eigenvalue weighted by molar-refractivity contribution is 5.94. The number of rotatable bonds is 3. The van der Waals surface area contributed by atoms with Crippen molar-refractivity contribution in [3.8, 4) is 0 Å². The van der Waals surface area contributed by atoms with Gasteiger partial charge < -0.3 is 4.90 Å². The van der Waals surface area contributed by atoms with Crippen molar-refractivity contribution in [2.24, 2.45) is 0 Å². The molecule has 138 valence electrons. The van der Waals surface area contributed by atoms with E-state index in [2.05, 4.69) is 75.1 Å². The van der Waals surface area contributed by atoms with Crippen molar-refractivity contribution in [1.82, 2.24) is 9.80 Å². The van der Waals surface area contributed by atoms with Crippen molar-refractivity contribution in [2.75, 3.05) is 19.6 Å². The molecule has 1 unspecified atom stereocenters. The number of nitrogens with zero attached hydrogens (tertiary/aromatic N) is 2. The maximum atomic E-state index is 12.9. The van der Waals surface area contributed by atoms with Crippen LogP contribution >= 0.6 is 0 Å². The first kappa shape index (κ1) is 18.7. The van der Waals surface area contributed by atoms with Crippen LogP contribution in [-0.2, 0) is 12.0 Å². The van der Waals surface area contributed by atoms with Crippen molar-refractivity contribution in [3.63, 3.8) is 0 Å². The molecule has 26 heavy (non-hydrogen) atoms. The molecule has 1 amide bonds. The fraction of sp³-hybridized carbons (Fsp3) is 0.435. The van der Waals surface area contributed by atoms with Gasteiger partial charge in [-0.1, -0.05) is 63.2 Å². The SMILES string of the molecule is CC1CN(C(=O)c2ccc(C(C)(C)C)cc2)CCN1Cc1ccccc1. The number of amides is 1. The van der Waals surface area contributed by atoms with Gasteiger partial charge in [0.05, 0.1) is 0 Å². The van der Waals surface area contributed by atoms with E-state index in [9.17, 15) is 4.79 Å². The van der Waals surface area contributed by atoms with Crippen LogP contribution in [0.5, 0.6) is 0 Å². The van der Waals surface area contributed by atoms with Gasteiger partial charge in [0.1, 0.15) is 0 Å². The molecule has 3 rings (SSSR count). The lowest BCUT2D eigenvalue weighted by molar-refractivity contribution is 0.0495. The average molecular weight is 351 g/mol. The molecule has 2 aromatic rings. The smallest absolute Gasteiger partial charge is 0.253 e. The molecular weight excluding hydrogens is 320 g/mol. The van der Waals surface area contributed by atoms with Crippen molar-refractivity contribution in [1.29, 1.82) is 0 Å². The molecule has 1 fully saturated rings. The Morgan fingerprint density at radius 1 is 1.00 bits per heavy atom. The molecule has 1 saturated heterocycles. The highest BCUT2D eigenvalue weighted by Gasteiger charge is 2.27. The number of piperazine rings is 1. The minimum atomic E-state index is 0.110. The lowest BCUT2D eigenvalue weighted by atomic mass is 9.86. The molecule has 0 spiro atoms. The Morgan fingerprint density at radius 2 is 1.65 bits per heavy atom. The molecule has 0 aromatic heterocycles. The molecule has 1 aliphatic rings. The summed E-state index contributed by atoms with van der Waals surface area (Å²) in [4.78, 5) is 17.3. The second kappa shape index (κ2) is 7.63. The first-order valence-electron chi connectivity index (χ1n) is 9.52. The summed E-state index contributed by atoms with van der Waals surface area (Å²) in [6.45, 7) is 12.2. The van der Waals surface area contributed by atoms with Crippen LogP contribution in [0.15, 0.2) is 54.6 Å². The van der Waals surface area contributed by atoms with Crippen molar-refractivity contribution >= 4 is 5.91 Å². The van der Waals surface area contributed by atoms with Gasteiger partial charge in [-0.3, -0.25) is 9.69 Å². The largest absolute Gasteiger partial charge is 0.336 e. The molecule has 1 atom stereocenters. The standard InChI is InChI=1S/C23H30N2O/c1-18-16-25(15-14-24(18)17-19-8-6-5-7-9-19)22(26)20-10-12-21(13-11-20)23(2,3)4/h5-13,18H,14-17H2,1-4H3. The van der Waals surface area contributed by atoms with E-state index < -0.39 is 0 Å². The lowest BCUT2D eigenvalue weighted by Crippen LogP contribution is -2.53. The molecule has 3 heteroatoms. The minimum absolute atomic E-state index is 0.110. The van der Waals surface area contributed by atoms with E-state index in [-0.39, 0.29) is 11.3 Å². The molecule has 0 aliphatic carbocycles. The van der Waals surface area contributed by atoms with Crippen LogP contribution in [0.4, 0.5) is 0 Å². The van der Waals surface area contributed by atoms with Gasteiger partial charge >= 0.3 is 0 Å². The van der Waals surface area contributed by atoms with Gasteiger partial charge in [-0.05, 0) is 35.6 Å². The van der Waals surface area contributed by atoms with Crippen LogP contribution in [0.2, 0.25) is 0 Å². The first-order chi connectivity index (χ1) is 12.3. The number of hydrogen-bond donors (Lipinski definition) is 0. The second-order valence-electron chi connectivity index (χ2n) is 8.38. The monoisotopic (exact) mass is 350 g/mol. The maximum Gasteiger partial charge on any atom is 0.253 e. The third-order valence-corrected chi connectivity index (χ3v) is 5.28. The summed E-state index contributed by atoms with van der Waals surface area (Å²) in [5.74, 6) is 0.150. The zero-order valence-electron chi connectivity index (χ0n) is 16.4. The Kier molecular flexibility index (Phi) is 5.47. The molecule has 2 aromatic carbocycles. The third kappa shape index (κ3) is 4.34. The fourth-order valence-corrected chi connectivity index (χ4v) is 3.53. The van der Waals surface area contributed by atoms with E-state index in [0.29, 0.717) is 6.04 Å². The van der Waals surface area contributed by atoms with Crippen molar-refractivity contribution in [3.05, 3.63) is 71.3 Å². The summed E-state index contributed by atoms with van der Waals surface area (Å²) >= 11 is 0. The average Bonchev–Trinajstić information content (AvgIpc) is 2.63. The number of benzene rings is 2. The summed E-state index contributed by atoms with van der Waals surface area (Å²) in [6.07, 6.45) is 0. The maximum absolute atomic E-state index is 12.9. The minimum Gasteiger partial charge on any atom is -0.336 e. The summed E-state index contributed by atoms with van der Waals surface area (Å²) in [7, 11) is 0. The normalized spacial score (nSPS) is 18.8. The number of hydrogen-bond acceptors (Lipinski definition) is 2. The molecule has 0 bridgehead atoms. The summed E-state index contributed by atoms with van der Waals surface area (Å²) in [6, 6.07) is 19.0. The summed E-state index contributed by atoms with van der Waals surface area (Å²) in [5.41, 5.74) is 3.49. The number of carbonyl (C=O) groups excluding carboxylic acids is 1. The van der Waals surface area contributed by atoms with E-state index >= 15 is 0 Å². The zero-order chi connectivity index (χ0) is 18.7. The highest BCUT2D eigenvalue weighted by atomic mass is 16.2. The van der Waals surface area contributed by atoms with Crippen LogP contribution in [0, 0.1) is 0 Å². The molecule has 1 aliphatic heterocycles. The Labute approximate surface area is 157 Å². The van der Waals surface area contributed by atoms with Crippen LogP contribution < -0.4 is 0 Å². The molecule has 3 nitrogen and oxygen atoms in total. The Bertz CT molecular complexity index is 731. The molecular formula is C23H30N2O. The number of carbonyl (C=O) groups is 1. The van der Waals surface area contributed by atoms with E-state index in [1.165, 1.54) is 11.1 Å². The second-order valence-corrected chi connectivity index (χ2v) is 8.38. The quantitative estimate of drug-likeness (QED) is 0.822. The van der Waals surface area contributed by atoms with Crippen LogP contribution in [0.25, 0.3) is 0 Å². The summed E-state index contributed by atoms with van der Waals surface area (Å²) < 4.78 is 0. The highest BCUT2D eigenvalue weighted by Crippen LogP contribution is 2.23. The molecule has 1 heterocycles. The van der Waals surface area contributed by atoms with E-state index in [4.69, 9.17) is 0 Å². The molecule has 0 saturated carbocycles. The van der Waals surface area contributed by atoms with Crippen LogP contribution in [-0.4, -0.2) is 41.4 Å². The fourth-order valence-electron chi connectivity index (χ4n) is 3.53. The van der Waals surface area contributed by atoms with Gasteiger partial charge in [-0.25, -0.2) is 0 Å². The first-order valence-corrected chi connectivity index (χ1v) is 9.52. The summed E-state index contributed by atoms with van der Waals surface area (Å²) in [5, 5.41) is 0. The van der Waals surface area contributed by atoms with E-state index in [0.717, 1.165) is 31.7 Å². The van der Waals surface area contributed by atoms with E-state index in [1.807, 2.05) is 17.0 Å². The predicted molar refractivity (Wildman–Crippen MR) is 107 cm³/mol. The van der Waals surface area contributed by atoms with Gasteiger partial charge in [0, 0.05) is 37.8 Å². The van der Waals surface area contributed by atoms with Gasteiger partial charge in [-0.15, -0.1) is 0 Å².